The Labute approximate surface area is 161 Å². The Kier molecular flexibility index (Phi) is 6.85. The molecule has 146 valence electrons. The summed E-state index contributed by atoms with van der Waals surface area (Å²) in [4.78, 5) is 16.4. The van der Waals surface area contributed by atoms with Gasteiger partial charge in [0.05, 0.1) is 24.2 Å². The minimum atomic E-state index is 0.0475. The number of nitrogens with one attached hydrogen (secondary N) is 2. The highest BCUT2D eigenvalue weighted by atomic mass is 16.5. The minimum Gasteiger partial charge on any atom is -0.492 e. The summed E-state index contributed by atoms with van der Waals surface area (Å²) in [6, 6.07) is 5.74. The largest absolute Gasteiger partial charge is 0.492 e. The zero-order chi connectivity index (χ0) is 19.0. The van der Waals surface area contributed by atoms with Gasteiger partial charge in [-0.05, 0) is 50.8 Å². The first-order chi connectivity index (χ1) is 13.1. The van der Waals surface area contributed by atoms with Crippen LogP contribution in [0.25, 0.3) is 11.4 Å². The van der Waals surface area contributed by atoms with Crippen molar-refractivity contribution in [3.8, 4) is 17.1 Å². The Hall–Kier alpha value is -2.37. The minimum absolute atomic E-state index is 0.0475. The molecule has 0 spiro atoms. The van der Waals surface area contributed by atoms with Crippen LogP contribution in [-0.4, -0.2) is 33.2 Å². The summed E-state index contributed by atoms with van der Waals surface area (Å²) in [5.41, 5.74) is 1.79. The Balaban J connectivity index is 1.24. The molecule has 3 rings (SSSR count). The molecule has 0 atom stereocenters. The van der Waals surface area contributed by atoms with Gasteiger partial charge >= 0.3 is 0 Å². The zero-order valence-electron chi connectivity index (χ0n) is 16.2. The second kappa shape index (κ2) is 9.53. The third-order valence-electron chi connectivity index (χ3n) is 5.23. The van der Waals surface area contributed by atoms with Gasteiger partial charge in [0.25, 0.3) is 0 Å². The molecule has 6 nitrogen and oxygen atoms in total. The summed E-state index contributed by atoms with van der Waals surface area (Å²) in [7, 11) is 0. The molecule has 1 saturated carbocycles. The van der Waals surface area contributed by atoms with Gasteiger partial charge < -0.3 is 10.1 Å². The lowest BCUT2D eigenvalue weighted by Crippen LogP contribution is -2.43. The van der Waals surface area contributed by atoms with E-state index >= 15 is 0 Å². The molecule has 0 saturated heterocycles. The lowest BCUT2D eigenvalue weighted by atomic mass is 10.0. The van der Waals surface area contributed by atoms with Crippen molar-refractivity contribution in [3.05, 3.63) is 30.6 Å². The van der Waals surface area contributed by atoms with Crippen LogP contribution in [-0.2, 0) is 4.79 Å². The van der Waals surface area contributed by atoms with Crippen molar-refractivity contribution in [2.24, 2.45) is 0 Å². The fourth-order valence-corrected chi connectivity index (χ4v) is 3.63. The molecule has 1 fully saturated rings. The molecule has 2 aromatic rings. The monoisotopic (exact) mass is 370 g/mol. The molecule has 0 bridgehead atoms. The Morgan fingerprint density at radius 1 is 1.19 bits per heavy atom. The average Bonchev–Trinajstić information content (AvgIpc) is 3.33. The van der Waals surface area contributed by atoms with E-state index in [4.69, 9.17) is 4.74 Å². The summed E-state index contributed by atoms with van der Waals surface area (Å²) in [6.07, 6.45) is 12.9. The normalized spacial score (nSPS) is 15.6. The summed E-state index contributed by atoms with van der Waals surface area (Å²) < 4.78 is 5.74. The van der Waals surface area contributed by atoms with Crippen molar-refractivity contribution in [2.75, 3.05) is 6.61 Å². The highest BCUT2D eigenvalue weighted by Gasteiger charge is 2.29. The zero-order valence-corrected chi connectivity index (χ0v) is 16.2. The van der Waals surface area contributed by atoms with E-state index in [0.717, 1.165) is 55.7 Å². The van der Waals surface area contributed by atoms with Crippen LogP contribution in [0.4, 0.5) is 0 Å². The van der Waals surface area contributed by atoms with Crippen LogP contribution in [0.5, 0.6) is 5.75 Å². The quantitative estimate of drug-likeness (QED) is 0.613. The number of amides is 1. The van der Waals surface area contributed by atoms with E-state index < -0.39 is 0 Å². The van der Waals surface area contributed by atoms with Crippen molar-refractivity contribution in [2.45, 2.75) is 70.3 Å². The molecule has 2 N–H and O–H groups in total. The lowest BCUT2D eigenvalue weighted by molar-refractivity contribution is -0.122. The van der Waals surface area contributed by atoms with Crippen molar-refractivity contribution in [1.29, 1.82) is 0 Å². The van der Waals surface area contributed by atoms with E-state index in [2.05, 4.69) is 27.4 Å². The number of ether oxygens (including phenoxy) is 1. The van der Waals surface area contributed by atoms with Gasteiger partial charge in [-0.1, -0.05) is 25.7 Å². The van der Waals surface area contributed by atoms with Crippen LogP contribution >= 0.6 is 0 Å². The fraction of sp³-hybridized carbons (Fsp3) is 0.571. The van der Waals surface area contributed by atoms with E-state index in [0.29, 0.717) is 13.0 Å². The van der Waals surface area contributed by atoms with Gasteiger partial charge in [0.1, 0.15) is 5.75 Å². The predicted molar refractivity (Wildman–Crippen MR) is 105 cm³/mol. The topological polar surface area (TPSA) is 79.9 Å². The summed E-state index contributed by atoms with van der Waals surface area (Å²) in [5, 5.41) is 10.0. The molecule has 1 aliphatic carbocycles. The number of pyridine rings is 1. The van der Waals surface area contributed by atoms with E-state index in [1.54, 1.807) is 12.4 Å². The molecular formula is C21H30N4O2. The van der Waals surface area contributed by atoms with Crippen LogP contribution in [0.15, 0.2) is 30.6 Å². The molecule has 0 unspecified atom stereocenters. The molecule has 0 aromatic carbocycles. The number of unbranched alkanes of at least 4 members (excludes halogenated alkanes) is 3. The summed E-state index contributed by atoms with van der Waals surface area (Å²) >= 11 is 0. The molecule has 2 aromatic heterocycles. The molecular weight excluding hydrogens is 340 g/mol. The first-order valence-corrected chi connectivity index (χ1v) is 10.0. The van der Waals surface area contributed by atoms with Crippen molar-refractivity contribution in [1.82, 2.24) is 20.5 Å². The summed E-state index contributed by atoms with van der Waals surface area (Å²) in [6.45, 7) is 2.85. The van der Waals surface area contributed by atoms with Crippen LogP contribution in [0.3, 0.4) is 0 Å². The maximum Gasteiger partial charge on any atom is 0.220 e. The Morgan fingerprint density at radius 2 is 2.00 bits per heavy atom. The standard InChI is InChI=1S/C21H30N4O2/c1-21(12-5-6-13-21)24-20(26)8-4-2-3-7-15-27-17-9-10-18(22-16-17)19-11-14-23-25-19/h9-11,14,16H,2-8,12-13,15H2,1H3,(H,23,25)(H,24,26). The molecule has 2 heterocycles. The van der Waals surface area contributed by atoms with E-state index in [-0.39, 0.29) is 11.4 Å². The van der Waals surface area contributed by atoms with Crippen LogP contribution in [0.1, 0.15) is 64.7 Å². The SMILES string of the molecule is CC1(NC(=O)CCCCCCOc2ccc(-c3ccn[nH]3)nc2)CCCC1. The van der Waals surface area contributed by atoms with Crippen molar-refractivity contribution in [3.63, 3.8) is 0 Å². The van der Waals surface area contributed by atoms with E-state index in [1.807, 2.05) is 18.2 Å². The second-order valence-electron chi connectivity index (χ2n) is 7.68. The number of carbonyl (C=O) groups excluding carboxylic acids is 1. The fourth-order valence-electron chi connectivity index (χ4n) is 3.63. The third kappa shape index (κ3) is 6.08. The number of H-pyrrole nitrogens is 1. The van der Waals surface area contributed by atoms with E-state index in [9.17, 15) is 4.79 Å². The molecule has 1 aliphatic rings. The third-order valence-corrected chi connectivity index (χ3v) is 5.23. The number of aromatic amines is 1. The van der Waals surface area contributed by atoms with Gasteiger partial charge in [-0.3, -0.25) is 14.9 Å². The smallest absolute Gasteiger partial charge is 0.220 e. The first kappa shape index (κ1) is 19.4. The highest BCUT2D eigenvalue weighted by molar-refractivity contribution is 5.76. The summed E-state index contributed by atoms with van der Waals surface area (Å²) in [5.74, 6) is 0.988. The maximum absolute atomic E-state index is 12.0. The maximum atomic E-state index is 12.0. The van der Waals surface area contributed by atoms with Crippen LogP contribution in [0, 0.1) is 0 Å². The lowest BCUT2D eigenvalue weighted by Gasteiger charge is -2.25. The number of nitrogens with zero attached hydrogens (tertiary/aromatic N) is 2. The second-order valence-corrected chi connectivity index (χ2v) is 7.68. The number of carbonyl (C=O) groups is 1. The predicted octanol–water partition coefficient (Wildman–Crippen LogP) is 4.25. The number of rotatable bonds is 10. The molecule has 0 aliphatic heterocycles. The first-order valence-electron chi connectivity index (χ1n) is 10.0. The van der Waals surface area contributed by atoms with E-state index in [1.165, 1.54) is 12.8 Å². The number of hydrogen-bond donors (Lipinski definition) is 2. The van der Waals surface area contributed by atoms with Gasteiger partial charge in [0.2, 0.25) is 5.91 Å². The van der Waals surface area contributed by atoms with Gasteiger partial charge in [-0.25, -0.2) is 0 Å². The van der Waals surface area contributed by atoms with Crippen LogP contribution in [0.2, 0.25) is 0 Å². The van der Waals surface area contributed by atoms with Gasteiger partial charge in [-0.2, -0.15) is 5.10 Å². The number of aromatic nitrogens is 3. The van der Waals surface area contributed by atoms with Gasteiger partial charge in [-0.15, -0.1) is 0 Å². The highest BCUT2D eigenvalue weighted by Crippen LogP contribution is 2.29. The number of hydrogen-bond acceptors (Lipinski definition) is 4. The molecule has 6 heteroatoms. The van der Waals surface area contributed by atoms with Crippen LogP contribution < -0.4 is 10.1 Å². The Morgan fingerprint density at radius 3 is 2.70 bits per heavy atom. The Bertz CT molecular complexity index is 691. The van der Waals surface area contributed by atoms with Crippen molar-refractivity contribution >= 4 is 5.91 Å². The molecule has 0 radical (unpaired) electrons. The molecule has 27 heavy (non-hydrogen) atoms. The van der Waals surface area contributed by atoms with Gasteiger partial charge in [0, 0.05) is 18.2 Å². The van der Waals surface area contributed by atoms with Gasteiger partial charge in [0.15, 0.2) is 0 Å². The molecule has 1 amide bonds. The van der Waals surface area contributed by atoms with Crippen molar-refractivity contribution < 1.29 is 9.53 Å². The average molecular weight is 370 g/mol.